The van der Waals surface area contributed by atoms with Crippen molar-refractivity contribution in [2.75, 3.05) is 6.61 Å². The Labute approximate surface area is 119 Å². The van der Waals surface area contributed by atoms with Gasteiger partial charge in [0.25, 0.3) is 0 Å². The van der Waals surface area contributed by atoms with Crippen LogP contribution in [0.2, 0.25) is 0 Å². The molecule has 0 N–H and O–H groups in total. The van der Waals surface area contributed by atoms with Gasteiger partial charge in [-0.1, -0.05) is 64.5 Å². The fraction of sp³-hybridized carbons (Fsp3) is 0.611. The summed E-state index contributed by atoms with van der Waals surface area (Å²) in [6.07, 6.45) is 11.1. The van der Waals surface area contributed by atoms with E-state index in [1.807, 2.05) is 0 Å². The minimum atomic E-state index is 0.829. The number of rotatable bonds is 11. The Hall–Kier alpha value is -0.980. The molecule has 0 aliphatic heterocycles. The molecule has 1 radical (unpaired) electrons. The third kappa shape index (κ3) is 7.92. The predicted octanol–water partition coefficient (Wildman–Crippen LogP) is 5.58. The molecule has 0 spiro atoms. The number of aryl methyl sites for hydroxylation is 1. The molecule has 0 bridgehead atoms. The highest BCUT2D eigenvalue weighted by Crippen LogP contribution is 2.15. The molecular weight excluding hydrogens is 232 g/mol. The molecule has 107 valence electrons. The Kier molecular flexibility index (Phi) is 9.22. The molecule has 19 heavy (non-hydrogen) atoms. The van der Waals surface area contributed by atoms with Crippen LogP contribution in [0.5, 0.6) is 5.75 Å². The van der Waals surface area contributed by atoms with Gasteiger partial charge in [0.05, 0.1) is 6.61 Å². The third-order valence-corrected chi connectivity index (χ3v) is 3.41. The van der Waals surface area contributed by atoms with Crippen LogP contribution in [0.3, 0.4) is 0 Å². The molecule has 0 saturated heterocycles. The van der Waals surface area contributed by atoms with E-state index in [0.717, 1.165) is 25.2 Å². The lowest BCUT2D eigenvalue weighted by molar-refractivity contribution is 0.305. The average molecular weight is 261 g/mol. The molecule has 0 unspecified atom stereocenters. The Bertz CT molecular complexity index is 302. The summed E-state index contributed by atoms with van der Waals surface area (Å²) in [5.74, 6) is 1.01. The van der Waals surface area contributed by atoms with Crippen molar-refractivity contribution in [1.82, 2.24) is 0 Å². The highest BCUT2D eigenvalue weighted by Gasteiger charge is 1.96. The fourth-order valence-corrected chi connectivity index (χ4v) is 2.15. The zero-order valence-electron chi connectivity index (χ0n) is 12.5. The van der Waals surface area contributed by atoms with E-state index in [4.69, 9.17) is 4.74 Å². The van der Waals surface area contributed by atoms with Crippen LogP contribution in [0, 0.1) is 6.92 Å². The zero-order valence-corrected chi connectivity index (χ0v) is 12.5. The van der Waals surface area contributed by atoms with Crippen LogP contribution in [0.4, 0.5) is 0 Å². The van der Waals surface area contributed by atoms with Crippen molar-refractivity contribution in [3.05, 3.63) is 36.8 Å². The first-order valence-electron chi connectivity index (χ1n) is 7.87. The molecule has 0 saturated carbocycles. The molecule has 1 aromatic carbocycles. The van der Waals surface area contributed by atoms with Crippen molar-refractivity contribution in [3.8, 4) is 5.75 Å². The SMILES string of the molecule is [CH2]CCCCCOc1ccc(CCCCCC)cc1. The van der Waals surface area contributed by atoms with E-state index in [0.29, 0.717) is 0 Å². The van der Waals surface area contributed by atoms with Gasteiger partial charge in [-0.15, -0.1) is 0 Å². The van der Waals surface area contributed by atoms with E-state index >= 15 is 0 Å². The summed E-state index contributed by atoms with van der Waals surface area (Å²) in [5, 5.41) is 0. The first-order valence-corrected chi connectivity index (χ1v) is 7.87. The van der Waals surface area contributed by atoms with Gasteiger partial charge in [-0.05, 0) is 37.0 Å². The van der Waals surface area contributed by atoms with Crippen molar-refractivity contribution < 1.29 is 4.74 Å². The summed E-state index contributed by atoms with van der Waals surface area (Å²) in [6.45, 7) is 6.93. The minimum absolute atomic E-state index is 0.829. The van der Waals surface area contributed by atoms with Crippen LogP contribution >= 0.6 is 0 Å². The van der Waals surface area contributed by atoms with Crippen molar-refractivity contribution in [2.45, 2.75) is 64.7 Å². The topological polar surface area (TPSA) is 9.23 Å². The van der Waals surface area contributed by atoms with Gasteiger partial charge in [0.2, 0.25) is 0 Å². The number of unbranched alkanes of at least 4 members (excludes halogenated alkanes) is 6. The Morgan fingerprint density at radius 3 is 2.32 bits per heavy atom. The average Bonchev–Trinajstić information content (AvgIpc) is 2.45. The number of hydrogen-bond donors (Lipinski definition) is 0. The number of benzene rings is 1. The summed E-state index contributed by atoms with van der Waals surface area (Å²) in [5.41, 5.74) is 1.43. The molecular formula is C18H29O. The minimum Gasteiger partial charge on any atom is -0.494 e. The predicted molar refractivity (Wildman–Crippen MR) is 83.6 cm³/mol. The molecule has 1 aromatic rings. The molecule has 0 aliphatic carbocycles. The number of hydrogen-bond acceptors (Lipinski definition) is 1. The van der Waals surface area contributed by atoms with Gasteiger partial charge < -0.3 is 4.74 Å². The lowest BCUT2D eigenvalue weighted by Gasteiger charge is -2.07. The van der Waals surface area contributed by atoms with E-state index in [1.165, 1.54) is 50.5 Å². The first kappa shape index (κ1) is 16.1. The zero-order chi connectivity index (χ0) is 13.8. The highest BCUT2D eigenvalue weighted by atomic mass is 16.5. The summed E-state index contributed by atoms with van der Waals surface area (Å²) in [7, 11) is 0. The van der Waals surface area contributed by atoms with E-state index in [1.54, 1.807) is 0 Å². The largest absolute Gasteiger partial charge is 0.494 e. The van der Waals surface area contributed by atoms with Gasteiger partial charge in [-0.3, -0.25) is 0 Å². The van der Waals surface area contributed by atoms with Crippen LogP contribution < -0.4 is 4.74 Å². The molecule has 1 nitrogen and oxygen atoms in total. The van der Waals surface area contributed by atoms with Gasteiger partial charge in [-0.2, -0.15) is 0 Å². The van der Waals surface area contributed by atoms with Crippen molar-refractivity contribution >= 4 is 0 Å². The lowest BCUT2D eigenvalue weighted by atomic mass is 10.1. The van der Waals surface area contributed by atoms with Crippen molar-refractivity contribution in [1.29, 1.82) is 0 Å². The lowest BCUT2D eigenvalue weighted by Crippen LogP contribution is -1.97. The standard InChI is InChI=1S/C18H29O/c1-3-5-7-9-11-17-12-14-18(15-13-17)19-16-10-8-6-4-2/h12-15H,2-11,16H2,1H3. The van der Waals surface area contributed by atoms with Crippen LogP contribution in [-0.2, 0) is 6.42 Å². The maximum absolute atomic E-state index is 5.73. The second-order valence-electron chi connectivity index (χ2n) is 5.22. The van der Waals surface area contributed by atoms with E-state index in [9.17, 15) is 0 Å². The quantitative estimate of drug-likeness (QED) is 0.472. The van der Waals surface area contributed by atoms with Gasteiger partial charge in [0.15, 0.2) is 0 Å². The molecule has 1 heteroatoms. The smallest absolute Gasteiger partial charge is 0.119 e. The summed E-state index contributed by atoms with van der Waals surface area (Å²) in [6, 6.07) is 8.63. The van der Waals surface area contributed by atoms with E-state index in [-0.39, 0.29) is 0 Å². The molecule has 0 fully saturated rings. The Morgan fingerprint density at radius 2 is 1.63 bits per heavy atom. The molecule has 0 heterocycles. The second-order valence-corrected chi connectivity index (χ2v) is 5.22. The van der Waals surface area contributed by atoms with Crippen molar-refractivity contribution in [2.24, 2.45) is 0 Å². The Morgan fingerprint density at radius 1 is 0.895 bits per heavy atom. The molecule has 0 atom stereocenters. The third-order valence-electron chi connectivity index (χ3n) is 3.41. The normalized spacial score (nSPS) is 10.6. The van der Waals surface area contributed by atoms with Gasteiger partial charge in [0.1, 0.15) is 5.75 Å². The van der Waals surface area contributed by atoms with Gasteiger partial charge in [0, 0.05) is 0 Å². The van der Waals surface area contributed by atoms with Crippen molar-refractivity contribution in [3.63, 3.8) is 0 Å². The molecule has 0 aromatic heterocycles. The van der Waals surface area contributed by atoms with Gasteiger partial charge >= 0.3 is 0 Å². The highest BCUT2D eigenvalue weighted by molar-refractivity contribution is 5.27. The molecule has 0 amide bonds. The first-order chi connectivity index (χ1) is 9.36. The van der Waals surface area contributed by atoms with E-state index in [2.05, 4.69) is 38.1 Å². The monoisotopic (exact) mass is 261 g/mol. The molecule has 1 rings (SSSR count). The number of ether oxygens (including phenoxy) is 1. The fourth-order valence-electron chi connectivity index (χ4n) is 2.15. The van der Waals surface area contributed by atoms with Crippen LogP contribution in [0.1, 0.15) is 63.9 Å². The Balaban J connectivity index is 2.16. The summed E-state index contributed by atoms with van der Waals surface area (Å²) in [4.78, 5) is 0. The van der Waals surface area contributed by atoms with Gasteiger partial charge in [-0.25, -0.2) is 0 Å². The van der Waals surface area contributed by atoms with Crippen LogP contribution in [0.15, 0.2) is 24.3 Å². The van der Waals surface area contributed by atoms with E-state index < -0.39 is 0 Å². The molecule has 0 aliphatic rings. The summed E-state index contributed by atoms with van der Waals surface area (Å²) >= 11 is 0. The second kappa shape index (κ2) is 10.9. The maximum Gasteiger partial charge on any atom is 0.119 e. The van der Waals surface area contributed by atoms with Crippen LogP contribution in [0.25, 0.3) is 0 Å². The maximum atomic E-state index is 5.73. The van der Waals surface area contributed by atoms with Crippen LogP contribution in [-0.4, -0.2) is 6.61 Å². The summed E-state index contributed by atoms with van der Waals surface area (Å²) < 4.78 is 5.73.